The van der Waals surface area contributed by atoms with Crippen LogP contribution in [0.15, 0.2) is 42.6 Å². The number of halogens is 1. The van der Waals surface area contributed by atoms with Crippen LogP contribution < -0.4 is 4.74 Å². The number of nitrogens with zero attached hydrogens (tertiary/aromatic N) is 3. The maximum absolute atomic E-state index is 9.09. The first-order chi connectivity index (χ1) is 10.2. The Bertz CT molecular complexity index is 848. The molecule has 3 rings (SSSR count). The summed E-state index contributed by atoms with van der Waals surface area (Å²) in [5, 5.41) is 9.65. The number of fused-ring (bicyclic) bond motifs is 1. The van der Waals surface area contributed by atoms with Gasteiger partial charge in [0.25, 0.3) is 0 Å². The third-order valence-electron chi connectivity index (χ3n) is 3.29. The lowest BCUT2D eigenvalue weighted by molar-refractivity contribution is 0.415. The summed E-state index contributed by atoms with van der Waals surface area (Å²) < 4.78 is 7.11. The van der Waals surface area contributed by atoms with Gasteiger partial charge >= 0.3 is 0 Å². The van der Waals surface area contributed by atoms with Crippen LogP contribution in [0.25, 0.3) is 16.9 Å². The van der Waals surface area contributed by atoms with Crippen LogP contribution in [0.3, 0.4) is 0 Å². The number of pyridine rings is 1. The third kappa shape index (κ3) is 2.32. The highest BCUT2D eigenvalue weighted by Gasteiger charge is 2.15. The first-order valence-corrected chi connectivity index (χ1v) is 6.79. The zero-order valence-electron chi connectivity index (χ0n) is 11.4. The zero-order valence-corrected chi connectivity index (χ0v) is 12.1. The van der Waals surface area contributed by atoms with Gasteiger partial charge in [-0.25, -0.2) is 4.98 Å². The van der Waals surface area contributed by atoms with E-state index in [4.69, 9.17) is 21.6 Å². The standard InChI is InChI=1S/C16H12ClN3O/c1-21-12-5-2-4-11(10-12)15-14(7-8-18)20-9-3-6-13(17)16(20)19-15/h2-6,9-10H,7H2,1H3. The molecule has 21 heavy (non-hydrogen) atoms. The molecule has 0 aliphatic carbocycles. The summed E-state index contributed by atoms with van der Waals surface area (Å²) in [4.78, 5) is 4.60. The van der Waals surface area contributed by atoms with Gasteiger partial charge < -0.3 is 9.14 Å². The second-order valence-corrected chi connectivity index (χ2v) is 4.93. The minimum atomic E-state index is 0.258. The molecule has 0 spiro atoms. The van der Waals surface area contributed by atoms with Crippen LogP contribution in [-0.4, -0.2) is 16.5 Å². The highest BCUT2D eigenvalue weighted by atomic mass is 35.5. The molecule has 2 heterocycles. The number of ether oxygens (including phenoxy) is 1. The third-order valence-corrected chi connectivity index (χ3v) is 3.59. The van der Waals surface area contributed by atoms with Crippen molar-refractivity contribution in [2.45, 2.75) is 6.42 Å². The van der Waals surface area contributed by atoms with Crippen molar-refractivity contribution in [3.8, 4) is 23.1 Å². The normalized spacial score (nSPS) is 10.5. The van der Waals surface area contributed by atoms with E-state index < -0.39 is 0 Å². The van der Waals surface area contributed by atoms with Gasteiger partial charge in [-0.05, 0) is 24.3 Å². The van der Waals surface area contributed by atoms with Crippen molar-refractivity contribution in [2.24, 2.45) is 0 Å². The van der Waals surface area contributed by atoms with E-state index in [1.807, 2.05) is 40.9 Å². The van der Waals surface area contributed by atoms with E-state index >= 15 is 0 Å². The number of benzene rings is 1. The SMILES string of the molecule is COc1cccc(-c2nc3c(Cl)cccn3c2CC#N)c1. The number of hydrogen-bond donors (Lipinski definition) is 0. The minimum absolute atomic E-state index is 0.258. The lowest BCUT2D eigenvalue weighted by Gasteiger charge is -2.04. The van der Waals surface area contributed by atoms with Gasteiger partial charge in [0.1, 0.15) is 5.75 Å². The Hall–Kier alpha value is -2.51. The first kappa shape index (κ1) is 13.5. The molecule has 0 amide bonds. The maximum Gasteiger partial charge on any atom is 0.156 e. The lowest BCUT2D eigenvalue weighted by atomic mass is 10.1. The fourth-order valence-electron chi connectivity index (χ4n) is 2.33. The molecule has 1 aromatic carbocycles. The van der Waals surface area contributed by atoms with Gasteiger partial charge in [0.15, 0.2) is 5.65 Å². The molecule has 0 fully saturated rings. The van der Waals surface area contributed by atoms with Gasteiger partial charge in [-0.15, -0.1) is 0 Å². The van der Waals surface area contributed by atoms with Gasteiger partial charge in [0, 0.05) is 11.8 Å². The first-order valence-electron chi connectivity index (χ1n) is 6.41. The fraction of sp³-hybridized carbons (Fsp3) is 0.125. The van der Waals surface area contributed by atoms with E-state index in [0.717, 1.165) is 22.7 Å². The predicted molar refractivity (Wildman–Crippen MR) is 81.5 cm³/mol. The molecular weight excluding hydrogens is 286 g/mol. The summed E-state index contributed by atoms with van der Waals surface area (Å²) in [6.07, 6.45) is 2.12. The second kappa shape index (κ2) is 5.47. The summed E-state index contributed by atoms with van der Waals surface area (Å²) >= 11 is 6.20. The van der Waals surface area contributed by atoms with Crippen LogP contribution in [-0.2, 0) is 6.42 Å². The number of imidazole rings is 1. The summed E-state index contributed by atoms with van der Waals surface area (Å²) in [7, 11) is 1.62. The Labute approximate surface area is 127 Å². The number of nitriles is 1. The smallest absolute Gasteiger partial charge is 0.156 e. The fourth-order valence-corrected chi connectivity index (χ4v) is 2.53. The van der Waals surface area contributed by atoms with Crippen LogP contribution in [0.2, 0.25) is 5.02 Å². The van der Waals surface area contributed by atoms with Crippen molar-refractivity contribution in [2.75, 3.05) is 7.11 Å². The molecule has 5 heteroatoms. The molecule has 3 aromatic rings. The van der Waals surface area contributed by atoms with Gasteiger partial charge in [-0.3, -0.25) is 0 Å². The van der Waals surface area contributed by atoms with E-state index in [0.29, 0.717) is 10.7 Å². The quantitative estimate of drug-likeness (QED) is 0.740. The Kier molecular flexibility index (Phi) is 3.51. The summed E-state index contributed by atoms with van der Waals surface area (Å²) in [5.74, 6) is 0.749. The van der Waals surface area contributed by atoms with Crippen molar-refractivity contribution in [3.63, 3.8) is 0 Å². The van der Waals surface area contributed by atoms with Crippen LogP contribution in [0, 0.1) is 11.3 Å². The molecule has 104 valence electrons. The van der Waals surface area contributed by atoms with Crippen LogP contribution in [0.1, 0.15) is 5.69 Å². The monoisotopic (exact) mass is 297 g/mol. The van der Waals surface area contributed by atoms with Gasteiger partial charge in [-0.1, -0.05) is 23.7 Å². The Morgan fingerprint density at radius 1 is 1.33 bits per heavy atom. The number of aromatic nitrogens is 2. The molecule has 0 saturated heterocycles. The van der Waals surface area contributed by atoms with Gasteiger partial charge in [0.2, 0.25) is 0 Å². The topological polar surface area (TPSA) is 50.3 Å². The largest absolute Gasteiger partial charge is 0.497 e. The second-order valence-electron chi connectivity index (χ2n) is 4.52. The molecule has 0 aliphatic heterocycles. The average Bonchev–Trinajstić information content (AvgIpc) is 2.88. The number of hydrogen-bond acceptors (Lipinski definition) is 3. The Balaban J connectivity index is 2.28. The van der Waals surface area contributed by atoms with E-state index in [-0.39, 0.29) is 6.42 Å². The molecule has 0 N–H and O–H groups in total. The average molecular weight is 298 g/mol. The highest BCUT2D eigenvalue weighted by Crippen LogP contribution is 2.29. The van der Waals surface area contributed by atoms with Gasteiger partial charge in [0.05, 0.1) is 36.0 Å². The van der Waals surface area contributed by atoms with E-state index in [2.05, 4.69) is 11.1 Å². The molecule has 0 radical (unpaired) electrons. The number of methoxy groups -OCH3 is 1. The molecule has 0 saturated carbocycles. The van der Waals surface area contributed by atoms with Crippen molar-refractivity contribution in [1.82, 2.24) is 9.38 Å². The minimum Gasteiger partial charge on any atom is -0.497 e. The van der Waals surface area contributed by atoms with Crippen molar-refractivity contribution >= 4 is 17.2 Å². The van der Waals surface area contributed by atoms with Gasteiger partial charge in [-0.2, -0.15) is 5.26 Å². The van der Waals surface area contributed by atoms with Crippen molar-refractivity contribution in [3.05, 3.63) is 53.3 Å². The van der Waals surface area contributed by atoms with E-state index in [1.165, 1.54) is 0 Å². The molecular formula is C16H12ClN3O. The van der Waals surface area contributed by atoms with E-state index in [1.54, 1.807) is 13.2 Å². The van der Waals surface area contributed by atoms with Crippen molar-refractivity contribution in [1.29, 1.82) is 5.26 Å². The summed E-state index contributed by atoms with van der Waals surface area (Å²) in [6, 6.07) is 13.4. The maximum atomic E-state index is 9.09. The predicted octanol–water partition coefficient (Wildman–Crippen LogP) is 3.73. The Morgan fingerprint density at radius 2 is 2.19 bits per heavy atom. The molecule has 0 bridgehead atoms. The van der Waals surface area contributed by atoms with E-state index in [9.17, 15) is 0 Å². The molecule has 0 aliphatic rings. The van der Waals surface area contributed by atoms with Crippen LogP contribution in [0.5, 0.6) is 5.75 Å². The molecule has 2 aromatic heterocycles. The molecule has 4 nitrogen and oxygen atoms in total. The lowest BCUT2D eigenvalue weighted by Crippen LogP contribution is -1.93. The molecule has 0 unspecified atom stereocenters. The summed E-state index contributed by atoms with van der Waals surface area (Å²) in [5.41, 5.74) is 3.13. The summed E-state index contributed by atoms with van der Waals surface area (Å²) in [6.45, 7) is 0. The Morgan fingerprint density at radius 3 is 2.95 bits per heavy atom. The number of rotatable bonds is 3. The molecule has 0 atom stereocenters. The van der Waals surface area contributed by atoms with Crippen LogP contribution in [0.4, 0.5) is 0 Å². The van der Waals surface area contributed by atoms with Crippen molar-refractivity contribution < 1.29 is 4.74 Å². The zero-order chi connectivity index (χ0) is 14.8. The van der Waals surface area contributed by atoms with Crippen LogP contribution >= 0.6 is 11.6 Å². The highest BCUT2D eigenvalue weighted by molar-refractivity contribution is 6.33.